The number of carbonyl (C=O) groups is 1. The number of amides is 1. The molecular formula is C22H21N5O6S. The number of nitrogens with zero attached hydrogens (tertiary/aromatic N) is 5. The van der Waals surface area contributed by atoms with Gasteiger partial charge in [-0.3, -0.25) is 14.9 Å². The zero-order valence-corrected chi connectivity index (χ0v) is 18.8. The lowest BCUT2D eigenvalue weighted by Crippen LogP contribution is -2.49. The molecule has 0 saturated carbocycles. The van der Waals surface area contributed by atoms with Gasteiger partial charge >= 0.3 is 0 Å². The predicted molar refractivity (Wildman–Crippen MR) is 122 cm³/mol. The molecule has 0 spiro atoms. The van der Waals surface area contributed by atoms with Crippen LogP contribution in [-0.4, -0.2) is 64.5 Å². The first kappa shape index (κ1) is 22.0. The van der Waals surface area contributed by atoms with Crippen molar-refractivity contribution >= 4 is 29.0 Å². The molecule has 0 radical (unpaired) electrons. The minimum absolute atomic E-state index is 0.0573. The van der Waals surface area contributed by atoms with Gasteiger partial charge in [-0.2, -0.15) is 0 Å². The number of hydrogen-bond donors (Lipinski definition) is 0. The number of hydrogen-bond acceptors (Lipinski definition) is 10. The highest BCUT2D eigenvalue weighted by atomic mass is 32.2. The molecule has 1 amide bonds. The normalized spacial score (nSPS) is 17.5. The zero-order chi connectivity index (χ0) is 23.5. The molecule has 2 aliphatic heterocycles. The summed E-state index contributed by atoms with van der Waals surface area (Å²) in [6.45, 7) is 2.26. The maximum Gasteiger partial charge on any atom is 0.292 e. The van der Waals surface area contributed by atoms with Gasteiger partial charge in [-0.05, 0) is 18.2 Å². The van der Waals surface area contributed by atoms with Gasteiger partial charge in [0, 0.05) is 32.2 Å². The highest BCUT2D eigenvalue weighted by Crippen LogP contribution is 2.36. The van der Waals surface area contributed by atoms with Crippen LogP contribution in [0.25, 0.3) is 0 Å². The van der Waals surface area contributed by atoms with Crippen LogP contribution in [0.1, 0.15) is 12.0 Å². The van der Waals surface area contributed by atoms with Crippen molar-refractivity contribution in [1.82, 2.24) is 15.1 Å². The van der Waals surface area contributed by atoms with Crippen LogP contribution in [0.5, 0.6) is 11.5 Å². The van der Waals surface area contributed by atoms with E-state index in [1.54, 1.807) is 23.1 Å². The predicted octanol–water partition coefficient (Wildman–Crippen LogP) is 2.93. The number of ether oxygens (including phenoxy) is 2. The van der Waals surface area contributed by atoms with Gasteiger partial charge in [-0.25, -0.2) is 0 Å². The standard InChI is InChI=1S/C22H21N5O6S/c28-20(26-11-9-25(10-12-26)15-5-1-2-6-16(15)27(29)30)14-34-22-24-23-21(33-22)19-13-31-17-7-3-4-8-18(17)32-19/h1-8,19H,9-14H2. The molecule has 176 valence electrons. The van der Waals surface area contributed by atoms with Gasteiger partial charge in [0.05, 0.1) is 10.7 Å². The third-order valence-corrected chi connectivity index (χ3v) is 6.38. The van der Waals surface area contributed by atoms with E-state index in [1.165, 1.54) is 17.8 Å². The summed E-state index contributed by atoms with van der Waals surface area (Å²) in [5.41, 5.74) is 0.643. The molecule has 0 N–H and O–H groups in total. The number of thioether (sulfide) groups is 1. The van der Waals surface area contributed by atoms with Gasteiger partial charge in [0.25, 0.3) is 16.8 Å². The fourth-order valence-corrected chi connectivity index (χ4v) is 4.52. The first-order chi connectivity index (χ1) is 16.6. The molecule has 0 bridgehead atoms. The number of rotatable bonds is 6. The Hall–Kier alpha value is -3.80. The monoisotopic (exact) mass is 483 g/mol. The summed E-state index contributed by atoms with van der Waals surface area (Å²) < 4.78 is 17.2. The molecule has 1 aromatic heterocycles. The van der Waals surface area contributed by atoms with Gasteiger partial charge in [0.15, 0.2) is 11.5 Å². The molecule has 1 unspecified atom stereocenters. The maximum atomic E-state index is 12.7. The second-order valence-corrected chi connectivity index (χ2v) is 8.60. The summed E-state index contributed by atoms with van der Waals surface area (Å²) in [6, 6.07) is 14.0. The number of aromatic nitrogens is 2. The fraction of sp³-hybridized carbons (Fsp3) is 0.318. The largest absolute Gasteiger partial charge is 0.485 e. The van der Waals surface area contributed by atoms with Gasteiger partial charge in [-0.15, -0.1) is 10.2 Å². The summed E-state index contributed by atoms with van der Waals surface area (Å²) >= 11 is 1.17. The Bertz CT molecular complexity index is 1200. The quantitative estimate of drug-likeness (QED) is 0.294. The Labute approximate surface area is 198 Å². The number of para-hydroxylation sites is 4. The van der Waals surface area contributed by atoms with Crippen molar-refractivity contribution in [1.29, 1.82) is 0 Å². The molecule has 3 heterocycles. The average molecular weight is 484 g/mol. The molecule has 1 fully saturated rings. The van der Waals surface area contributed by atoms with Crippen molar-refractivity contribution in [3.63, 3.8) is 0 Å². The lowest BCUT2D eigenvalue weighted by Gasteiger charge is -2.35. The van der Waals surface area contributed by atoms with Crippen LogP contribution in [-0.2, 0) is 4.79 Å². The van der Waals surface area contributed by atoms with Crippen molar-refractivity contribution in [3.8, 4) is 11.5 Å². The van der Waals surface area contributed by atoms with E-state index >= 15 is 0 Å². The molecule has 3 aromatic rings. The smallest absolute Gasteiger partial charge is 0.292 e. The Kier molecular flexibility index (Phi) is 6.21. The van der Waals surface area contributed by atoms with Crippen molar-refractivity contribution in [3.05, 3.63) is 64.5 Å². The average Bonchev–Trinajstić information content (AvgIpc) is 3.36. The lowest BCUT2D eigenvalue weighted by atomic mass is 10.2. The molecule has 11 nitrogen and oxygen atoms in total. The van der Waals surface area contributed by atoms with E-state index < -0.39 is 6.10 Å². The van der Waals surface area contributed by atoms with E-state index in [-0.39, 0.29) is 34.1 Å². The van der Waals surface area contributed by atoms with Crippen LogP contribution in [0.2, 0.25) is 0 Å². The summed E-state index contributed by atoms with van der Waals surface area (Å²) in [5, 5.41) is 19.6. The van der Waals surface area contributed by atoms with Gasteiger partial charge < -0.3 is 23.7 Å². The second-order valence-electron chi connectivity index (χ2n) is 7.67. The fourth-order valence-electron chi connectivity index (χ4n) is 3.85. The number of carbonyl (C=O) groups excluding carboxylic acids is 1. The SMILES string of the molecule is O=C(CSc1nnc(C2COc3ccccc3O2)o1)N1CCN(c2ccccc2[N+](=O)[O-])CC1. The lowest BCUT2D eigenvalue weighted by molar-refractivity contribution is -0.384. The number of nitro groups is 1. The zero-order valence-electron chi connectivity index (χ0n) is 18.0. The van der Waals surface area contributed by atoms with E-state index in [2.05, 4.69) is 10.2 Å². The van der Waals surface area contributed by atoms with E-state index in [1.807, 2.05) is 29.2 Å². The van der Waals surface area contributed by atoms with Crippen molar-refractivity contribution in [2.45, 2.75) is 11.3 Å². The summed E-state index contributed by atoms with van der Waals surface area (Å²) in [5.74, 6) is 1.67. The van der Waals surface area contributed by atoms with E-state index in [4.69, 9.17) is 13.9 Å². The van der Waals surface area contributed by atoms with Crippen molar-refractivity contribution in [2.75, 3.05) is 43.4 Å². The highest BCUT2D eigenvalue weighted by molar-refractivity contribution is 7.99. The molecule has 0 aliphatic carbocycles. The van der Waals surface area contributed by atoms with E-state index in [9.17, 15) is 14.9 Å². The van der Waals surface area contributed by atoms with Gasteiger partial charge in [-0.1, -0.05) is 36.0 Å². The number of fused-ring (bicyclic) bond motifs is 1. The topological polar surface area (TPSA) is 124 Å². The van der Waals surface area contributed by atoms with E-state index in [0.717, 1.165) is 0 Å². The highest BCUT2D eigenvalue weighted by Gasteiger charge is 2.28. The first-order valence-electron chi connectivity index (χ1n) is 10.7. The molecule has 2 aromatic carbocycles. The van der Waals surface area contributed by atoms with Crippen molar-refractivity contribution < 1.29 is 23.6 Å². The summed E-state index contributed by atoms with van der Waals surface area (Å²) in [4.78, 5) is 27.3. The number of nitro benzene ring substituents is 1. The van der Waals surface area contributed by atoms with Gasteiger partial charge in [0.2, 0.25) is 12.0 Å². The van der Waals surface area contributed by atoms with Gasteiger partial charge in [0.1, 0.15) is 12.3 Å². The Morgan fingerprint density at radius 3 is 2.59 bits per heavy atom. The second kappa shape index (κ2) is 9.59. The number of piperazine rings is 1. The van der Waals surface area contributed by atoms with E-state index in [0.29, 0.717) is 49.3 Å². The van der Waals surface area contributed by atoms with Crippen molar-refractivity contribution in [2.24, 2.45) is 0 Å². The molecule has 1 saturated heterocycles. The number of benzene rings is 2. The third-order valence-electron chi connectivity index (χ3n) is 5.58. The van der Waals surface area contributed by atoms with Crippen LogP contribution in [0, 0.1) is 10.1 Å². The Morgan fingerprint density at radius 1 is 1.06 bits per heavy atom. The molecule has 34 heavy (non-hydrogen) atoms. The minimum atomic E-state index is -0.512. The molecule has 12 heteroatoms. The van der Waals surface area contributed by atoms with Crippen LogP contribution in [0.15, 0.2) is 58.2 Å². The number of anilines is 1. The van der Waals surface area contributed by atoms with Crippen LogP contribution in [0.4, 0.5) is 11.4 Å². The molecule has 1 atom stereocenters. The third kappa shape index (κ3) is 4.62. The maximum absolute atomic E-state index is 12.7. The molecular weight excluding hydrogens is 462 g/mol. The van der Waals surface area contributed by atoms with Crippen LogP contribution in [0.3, 0.4) is 0 Å². The summed E-state index contributed by atoms with van der Waals surface area (Å²) in [6.07, 6.45) is -0.512. The van der Waals surface area contributed by atoms with Crippen LogP contribution >= 0.6 is 11.8 Å². The molecule has 5 rings (SSSR count). The van der Waals surface area contributed by atoms with Crippen LogP contribution < -0.4 is 14.4 Å². The summed E-state index contributed by atoms with van der Waals surface area (Å²) in [7, 11) is 0. The Morgan fingerprint density at radius 2 is 1.79 bits per heavy atom. The minimum Gasteiger partial charge on any atom is -0.485 e. The Balaban J connectivity index is 1.12. The molecule has 2 aliphatic rings. The first-order valence-corrected chi connectivity index (χ1v) is 11.7.